The molecule has 0 aromatic carbocycles. The van der Waals surface area contributed by atoms with E-state index in [0.29, 0.717) is 25.1 Å². The summed E-state index contributed by atoms with van der Waals surface area (Å²) in [5.41, 5.74) is 0. The molecule has 0 atom stereocenters. The number of likely N-dealkylation sites (tertiary alicyclic amines) is 1. The van der Waals surface area contributed by atoms with E-state index in [9.17, 15) is 8.42 Å². The number of ether oxygens (including phenoxy) is 1. The second kappa shape index (κ2) is 6.79. The average Bonchev–Trinajstić information content (AvgIpc) is 2.24. The molecule has 0 aromatic heterocycles. The lowest BCUT2D eigenvalue weighted by Crippen LogP contribution is -2.39. The first-order valence-corrected chi connectivity index (χ1v) is 8.18. The van der Waals surface area contributed by atoms with Crippen molar-refractivity contribution < 1.29 is 13.2 Å². The Hall–Kier alpha value is 0.160. The molecule has 4 nitrogen and oxygen atoms in total. The summed E-state index contributed by atoms with van der Waals surface area (Å²) in [6, 6.07) is 0. The predicted molar refractivity (Wildman–Crippen MR) is 65.8 cm³/mol. The minimum absolute atomic E-state index is 0.250. The van der Waals surface area contributed by atoms with Crippen LogP contribution in [0, 0.1) is 0 Å². The van der Waals surface area contributed by atoms with Crippen LogP contribution < -0.4 is 0 Å². The van der Waals surface area contributed by atoms with Crippen molar-refractivity contribution >= 4 is 21.4 Å². The van der Waals surface area contributed by atoms with Crippen molar-refractivity contribution in [1.29, 1.82) is 0 Å². The maximum absolute atomic E-state index is 11.0. The summed E-state index contributed by atoms with van der Waals surface area (Å²) in [5.74, 6) is 0.786. The second-order valence-electron chi connectivity index (χ2n) is 4.23. The summed E-state index contributed by atoms with van der Waals surface area (Å²) in [7, 11) is -2.84. The summed E-state index contributed by atoms with van der Waals surface area (Å²) in [4.78, 5) is 2.18. The molecular weight excluding hydrogens is 250 g/mol. The highest BCUT2D eigenvalue weighted by molar-refractivity contribution is 7.90. The fourth-order valence-electron chi connectivity index (χ4n) is 1.81. The monoisotopic (exact) mass is 269 g/mol. The molecule has 16 heavy (non-hydrogen) atoms. The third kappa shape index (κ3) is 6.03. The van der Waals surface area contributed by atoms with Gasteiger partial charge in [0, 0.05) is 31.8 Å². The molecule has 0 N–H and O–H groups in total. The van der Waals surface area contributed by atoms with Crippen LogP contribution in [-0.4, -0.2) is 63.6 Å². The van der Waals surface area contributed by atoms with Crippen LogP contribution in [0.25, 0.3) is 0 Å². The molecule has 0 saturated carbocycles. The van der Waals surface area contributed by atoms with Crippen molar-refractivity contribution in [3.05, 3.63) is 0 Å². The lowest BCUT2D eigenvalue weighted by Gasteiger charge is -2.31. The van der Waals surface area contributed by atoms with E-state index in [4.69, 9.17) is 16.3 Å². The smallest absolute Gasteiger partial charge is 0.148 e. The zero-order valence-corrected chi connectivity index (χ0v) is 11.3. The average molecular weight is 270 g/mol. The number of alkyl halides is 1. The first kappa shape index (κ1) is 14.2. The van der Waals surface area contributed by atoms with Gasteiger partial charge in [-0.3, -0.25) is 0 Å². The van der Waals surface area contributed by atoms with Crippen LogP contribution in [0.3, 0.4) is 0 Å². The molecule has 0 unspecified atom stereocenters. The number of piperidine rings is 1. The summed E-state index contributed by atoms with van der Waals surface area (Å²) in [6.07, 6.45) is 3.53. The molecule has 1 rings (SSSR count). The van der Waals surface area contributed by atoms with Gasteiger partial charge in [0.2, 0.25) is 0 Å². The van der Waals surface area contributed by atoms with Gasteiger partial charge in [0.15, 0.2) is 0 Å². The maximum Gasteiger partial charge on any atom is 0.148 e. The third-order valence-corrected chi connectivity index (χ3v) is 3.82. The molecule has 6 heteroatoms. The van der Waals surface area contributed by atoms with E-state index in [2.05, 4.69) is 4.90 Å². The number of hydrogen-bond donors (Lipinski definition) is 0. The first-order chi connectivity index (χ1) is 7.51. The molecular formula is C10H20ClNO3S. The Kier molecular flexibility index (Phi) is 6.03. The topological polar surface area (TPSA) is 46.6 Å². The van der Waals surface area contributed by atoms with Crippen molar-refractivity contribution in [3.8, 4) is 0 Å². The Morgan fingerprint density at radius 2 is 2.00 bits per heavy atom. The molecule has 0 spiro atoms. The normalized spacial score (nSPS) is 20.1. The number of hydrogen-bond acceptors (Lipinski definition) is 4. The number of sulfone groups is 1. The van der Waals surface area contributed by atoms with Crippen LogP contribution in [0.5, 0.6) is 0 Å². The Bertz CT molecular complexity index is 286. The van der Waals surface area contributed by atoms with Gasteiger partial charge in [-0.2, -0.15) is 0 Å². The minimum atomic E-state index is -2.84. The van der Waals surface area contributed by atoms with Gasteiger partial charge in [0.1, 0.15) is 9.84 Å². The maximum atomic E-state index is 11.0. The molecule has 1 saturated heterocycles. The van der Waals surface area contributed by atoms with Crippen molar-refractivity contribution in [2.24, 2.45) is 0 Å². The summed E-state index contributed by atoms with van der Waals surface area (Å²) < 4.78 is 27.6. The Labute approximate surface area is 103 Å². The van der Waals surface area contributed by atoms with Gasteiger partial charge in [0.05, 0.1) is 18.5 Å². The fraction of sp³-hybridized carbons (Fsp3) is 1.00. The van der Waals surface area contributed by atoms with E-state index < -0.39 is 9.84 Å². The van der Waals surface area contributed by atoms with E-state index in [1.54, 1.807) is 0 Å². The van der Waals surface area contributed by atoms with Crippen LogP contribution in [0.15, 0.2) is 0 Å². The van der Waals surface area contributed by atoms with Gasteiger partial charge in [-0.1, -0.05) is 0 Å². The largest absolute Gasteiger partial charge is 0.377 e. The molecule has 0 radical (unpaired) electrons. The van der Waals surface area contributed by atoms with E-state index in [1.165, 1.54) is 6.26 Å². The minimum Gasteiger partial charge on any atom is -0.377 e. The van der Waals surface area contributed by atoms with Crippen LogP contribution >= 0.6 is 11.6 Å². The Morgan fingerprint density at radius 3 is 2.50 bits per heavy atom. The quantitative estimate of drug-likeness (QED) is 0.668. The summed E-state index contributed by atoms with van der Waals surface area (Å²) in [5, 5.41) is 0. The van der Waals surface area contributed by atoms with Crippen molar-refractivity contribution in [3.63, 3.8) is 0 Å². The Balaban J connectivity index is 2.17. The van der Waals surface area contributed by atoms with Crippen molar-refractivity contribution in [2.75, 3.05) is 44.1 Å². The lowest BCUT2D eigenvalue weighted by molar-refractivity contribution is 0.0166. The summed E-state index contributed by atoms with van der Waals surface area (Å²) in [6.45, 7) is 3.08. The molecule has 1 fully saturated rings. The fourth-order valence-corrected chi connectivity index (χ4v) is 2.48. The van der Waals surface area contributed by atoms with E-state index in [1.807, 2.05) is 0 Å². The van der Waals surface area contributed by atoms with Crippen molar-refractivity contribution in [2.45, 2.75) is 18.9 Å². The Morgan fingerprint density at radius 1 is 1.38 bits per heavy atom. The van der Waals surface area contributed by atoms with Crippen LogP contribution in [0.2, 0.25) is 0 Å². The number of nitrogens with zero attached hydrogens (tertiary/aromatic N) is 1. The predicted octanol–water partition coefficient (Wildman–Crippen LogP) is 0.751. The number of halogens is 1. The van der Waals surface area contributed by atoms with E-state index in [0.717, 1.165) is 25.9 Å². The molecule has 0 amide bonds. The number of rotatable bonds is 6. The van der Waals surface area contributed by atoms with Crippen molar-refractivity contribution in [1.82, 2.24) is 4.90 Å². The van der Waals surface area contributed by atoms with E-state index in [-0.39, 0.29) is 5.75 Å². The van der Waals surface area contributed by atoms with Crippen LogP contribution in [0.4, 0.5) is 0 Å². The lowest BCUT2D eigenvalue weighted by atomic mass is 10.1. The van der Waals surface area contributed by atoms with Gasteiger partial charge in [0.25, 0.3) is 0 Å². The third-order valence-electron chi connectivity index (χ3n) is 2.74. The van der Waals surface area contributed by atoms with Crippen LogP contribution in [-0.2, 0) is 14.6 Å². The second-order valence-corrected chi connectivity index (χ2v) is 6.87. The molecule has 0 bridgehead atoms. The summed E-state index contributed by atoms with van der Waals surface area (Å²) >= 11 is 5.55. The highest BCUT2D eigenvalue weighted by atomic mass is 35.5. The standard InChI is InChI=1S/C10H20ClNO3S/c1-16(13,14)9-7-12-5-2-10(3-6-12)15-8-4-11/h10H,2-9H2,1H3. The van der Waals surface area contributed by atoms with Gasteiger partial charge >= 0.3 is 0 Å². The zero-order chi connectivity index (χ0) is 12.0. The van der Waals surface area contributed by atoms with Gasteiger partial charge in [-0.15, -0.1) is 11.6 Å². The molecule has 1 heterocycles. The molecule has 0 aliphatic carbocycles. The first-order valence-electron chi connectivity index (χ1n) is 5.59. The molecule has 1 aliphatic heterocycles. The van der Waals surface area contributed by atoms with Crippen LogP contribution in [0.1, 0.15) is 12.8 Å². The highest BCUT2D eigenvalue weighted by Crippen LogP contribution is 2.13. The highest BCUT2D eigenvalue weighted by Gasteiger charge is 2.19. The molecule has 1 aliphatic rings. The van der Waals surface area contributed by atoms with Gasteiger partial charge in [-0.25, -0.2) is 8.42 Å². The molecule has 0 aromatic rings. The van der Waals surface area contributed by atoms with Gasteiger partial charge in [-0.05, 0) is 12.8 Å². The van der Waals surface area contributed by atoms with E-state index >= 15 is 0 Å². The SMILES string of the molecule is CS(=O)(=O)CCN1CCC(OCCCl)CC1. The molecule has 96 valence electrons. The zero-order valence-electron chi connectivity index (χ0n) is 9.69. The van der Waals surface area contributed by atoms with Gasteiger partial charge < -0.3 is 9.64 Å².